The molecule has 10 heteroatoms. The molecular weight excluding hydrogens is 449 g/mol. The summed E-state index contributed by atoms with van der Waals surface area (Å²) in [6.07, 6.45) is -0.683. The van der Waals surface area contributed by atoms with E-state index in [2.05, 4.69) is 0 Å². The van der Waals surface area contributed by atoms with Gasteiger partial charge in [-0.05, 0) is 43.3 Å². The van der Waals surface area contributed by atoms with Crippen molar-refractivity contribution in [3.63, 3.8) is 0 Å². The maximum atomic E-state index is 14.0. The smallest absolute Gasteiger partial charge is 0.263 e. The Bertz CT molecular complexity index is 1070. The van der Waals surface area contributed by atoms with E-state index in [1.807, 2.05) is 4.90 Å². The summed E-state index contributed by atoms with van der Waals surface area (Å²) in [4.78, 5) is 16.2. The van der Waals surface area contributed by atoms with Crippen LogP contribution in [0.1, 0.15) is 6.92 Å². The number of sulfonamides is 1. The third-order valence-electron chi connectivity index (χ3n) is 5.88. The van der Waals surface area contributed by atoms with Crippen molar-refractivity contribution in [3.05, 3.63) is 54.3 Å². The van der Waals surface area contributed by atoms with Gasteiger partial charge in [0.25, 0.3) is 5.91 Å². The highest BCUT2D eigenvalue weighted by atomic mass is 32.2. The minimum Gasteiger partial charge on any atom is -0.481 e. The van der Waals surface area contributed by atoms with E-state index in [4.69, 9.17) is 9.47 Å². The van der Waals surface area contributed by atoms with E-state index in [0.29, 0.717) is 50.8 Å². The number of halogens is 1. The second kappa shape index (κ2) is 10.1. The Morgan fingerprint density at radius 3 is 2.24 bits per heavy atom. The van der Waals surface area contributed by atoms with Gasteiger partial charge in [0.1, 0.15) is 11.6 Å². The Morgan fingerprint density at radius 1 is 0.970 bits per heavy atom. The standard InChI is InChI=1S/C23H28FN3O5S/c1-18(23(28)26-14-16-31-17-15-26)32-19-6-8-20(9-7-19)33(29,30)27-12-10-25(11-13-27)22-5-3-2-4-21(22)24/h2-9,18H,10-17H2,1H3/t18-/m1/s1. The zero-order chi connectivity index (χ0) is 23.4. The van der Waals surface area contributed by atoms with Crippen molar-refractivity contribution in [3.8, 4) is 5.75 Å². The number of anilines is 1. The molecule has 2 aliphatic rings. The number of carbonyl (C=O) groups is 1. The van der Waals surface area contributed by atoms with Crippen LogP contribution in [0.5, 0.6) is 5.75 Å². The summed E-state index contributed by atoms with van der Waals surface area (Å²) in [5.74, 6) is -0.0131. The minimum absolute atomic E-state index is 0.122. The zero-order valence-electron chi connectivity index (χ0n) is 18.5. The molecule has 4 rings (SSSR count). The van der Waals surface area contributed by atoms with Crippen molar-refractivity contribution in [1.29, 1.82) is 0 Å². The Morgan fingerprint density at radius 2 is 1.61 bits per heavy atom. The number of para-hydroxylation sites is 1. The van der Waals surface area contributed by atoms with Gasteiger partial charge < -0.3 is 19.3 Å². The fourth-order valence-electron chi connectivity index (χ4n) is 4.01. The van der Waals surface area contributed by atoms with Crippen molar-refractivity contribution >= 4 is 21.6 Å². The lowest BCUT2D eigenvalue weighted by Crippen LogP contribution is -2.48. The molecule has 1 atom stereocenters. The average molecular weight is 478 g/mol. The largest absolute Gasteiger partial charge is 0.481 e. The minimum atomic E-state index is -3.69. The molecule has 0 N–H and O–H groups in total. The number of rotatable bonds is 6. The molecule has 2 aliphatic heterocycles. The number of benzene rings is 2. The Kier molecular flexibility index (Phi) is 7.16. The van der Waals surface area contributed by atoms with E-state index in [-0.39, 0.29) is 29.7 Å². The van der Waals surface area contributed by atoms with Gasteiger partial charge in [-0.1, -0.05) is 12.1 Å². The van der Waals surface area contributed by atoms with Crippen molar-refractivity contribution in [2.75, 3.05) is 57.4 Å². The molecule has 0 aromatic heterocycles. The van der Waals surface area contributed by atoms with Crippen LogP contribution >= 0.6 is 0 Å². The molecule has 2 fully saturated rings. The molecular formula is C23H28FN3O5S. The predicted octanol–water partition coefficient (Wildman–Crippen LogP) is 1.96. The van der Waals surface area contributed by atoms with Crippen molar-refractivity contribution in [2.45, 2.75) is 17.9 Å². The first-order valence-corrected chi connectivity index (χ1v) is 12.4. The van der Waals surface area contributed by atoms with Gasteiger partial charge in [-0.3, -0.25) is 4.79 Å². The lowest BCUT2D eigenvalue weighted by Gasteiger charge is -2.35. The van der Waals surface area contributed by atoms with Gasteiger partial charge in [0.05, 0.1) is 23.8 Å². The van der Waals surface area contributed by atoms with Gasteiger partial charge in [-0.15, -0.1) is 0 Å². The van der Waals surface area contributed by atoms with Crippen LogP contribution in [0, 0.1) is 5.82 Å². The molecule has 0 unspecified atom stereocenters. The summed E-state index contributed by atoms with van der Waals surface area (Å²) in [7, 11) is -3.69. The van der Waals surface area contributed by atoms with Gasteiger partial charge in [0.15, 0.2) is 6.10 Å². The predicted molar refractivity (Wildman–Crippen MR) is 121 cm³/mol. The average Bonchev–Trinajstić information content (AvgIpc) is 2.85. The second-order valence-electron chi connectivity index (χ2n) is 8.01. The molecule has 33 heavy (non-hydrogen) atoms. The normalized spacial score (nSPS) is 18.7. The van der Waals surface area contributed by atoms with Crippen LogP contribution in [0.25, 0.3) is 0 Å². The summed E-state index contributed by atoms with van der Waals surface area (Å²) in [5, 5.41) is 0. The van der Waals surface area contributed by atoms with Crippen LogP contribution in [-0.2, 0) is 19.6 Å². The van der Waals surface area contributed by atoms with Gasteiger partial charge in [-0.2, -0.15) is 4.31 Å². The molecule has 1 amide bonds. The maximum Gasteiger partial charge on any atom is 0.263 e. The number of piperazine rings is 1. The lowest BCUT2D eigenvalue weighted by molar-refractivity contribution is -0.142. The first kappa shape index (κ1) is 23.5. The van der Waals surface area contributed by atoms with Gasteiger partial charge >= 0.3 is 0 Å². The van der Waals surface area contributed by atoms with Crippen LogP contribution in [0.3, 0.4) is 0 Å². The van der Waals surface area contributed by atoms with Crippen molar-refractivity contribution in [2.24, 2.45) is 0 Å². The molecule has 0 saturated carbocycles. The van der Waals surface area contributed by atoms with E-state index in [9.17, 15) is 17.6 Å². The molecule has 8 nitrogen and oxygen atoms in total. The van der Waals surface area contributed by atoms with Crippen LogP contribution in [0.2, 0.25) is 0 Å². The highest BCUT2D eigenvalue weighted by molar-refractivity contribution is 7.89. The number of hydrogen-bond acceptors (Lipinski definition) is 6. The molecule has 0 aliphatic carbocycles. The van der Waals surface area contributed by atoms with E-state index < -0.39 is 16.1 Å². The van der Waals surface area contributed by atoms with Crippen LogP contribution in [-0.4, -0.2) is 82.1 Å². The fourth-order valence-corrected chi connectivity index (χ4v) is 5.43. The number of nitrogens with zero attached hydrogens (tertiary/aromatic N) is 3. The van der Waals surface area contributed by atoms with E-state index >= 15 is 0 Å². The number of amides is 1. The van der Waals surface area contributed by atoms with Gasteiger partial charge in [-0.25, -0.2) is 12.8 Å². The van der Waals surface area contributed by atoms with Gasteiger partial charge in [0, 0.05) is 39.3 Å². The number of hydrogen-bond donors (Lipinski definition) is 0. The third-order valence-corrected chi connectivity index (χ3v) is 7.79. The van der Waals surface area contributed by atoms with E-state index in [0.717, 1.165) is 0 Å². The summed E-state index contributed by atoms with van der Waals surface area (Å²) < 4.78 is 52.6. The van der Waals surface area contributed by atoms with Gasteiger partial charge in [0.2, 0.25) is 10.0 Å². The SMILES string of the molecule is C[C@@H](Oc1ccc(S(=O)(=O)N2CCN(c3ccccc3F)CC2)cc1)C(=O)N1CCOCC1. The summed E-state index contributed by atoms with van der Waals surface area (Å²) >= 11 is 0. The monoisotopic (exact) mass is 477 g/mol. The molecule has 0 radical (unpaired) electrons. The lowest BCUT2D eigenvalue weighted by atomic mass is 10.2. The van der Waals surface area contributed by atoms with Crippen LogP contribution in [0.4, 0.5) is 10.1 Å². The van der Waals surface area contributed by atoms with Crippen molar-refractivity contribution in [1.82, 2.24) is 9.21 Å². The third kappa shape index (κ3) is 5.29. The molecule has 0 spiro atoms. The molecule has 2 aromatic carbocycles. The summed E-state index contributed by atoms with van der Waals surface area (Å²) in [6.45, 7) is 5.11. The van der Waals surface area contributed by atoms with Crippen molar-refractivity contribution < 1.29 is 27.1 Å². The number of ether oxygens (including phenoxy) is 2. The molecule has 2 saturated heterocycles. The number of morpholine rings is 1. The Balaban J connectivity index is 1.36. The first-order valence-electron chi connectivity index (χ1n) is 11.0. The first-order chi connectivity index (χ1) is 15.9. The maximum absolute atomic E-state index is 14.0. The molecule has 2 heterocycles. The van der Waals surface area contributed by atoms with Crippen LogP contribution in [0.15, 0.2) is 53.4 Å². The van der Waals surface area contributed by atoms with E-state index in [1.165, 1.54) is 22.5 Å². The zero-order valence-corrected chi connectivity index (χ0v) is 19.3. The van der Waals surface area contributed by atoms with Crippen LogP contribution < -0.4 is 9.64 Å². The Hall–Kier alpha value is -2.69. The quantitative estimate of drug-likeness (QED) is 0.633. The Labute approximate surface area is 193 Å². The second-order valence-corrected chi connectivity index (χ2v) is 9.95. The highest BCUT2D eigenvalue weighted by Crippen LogP contribution is 2.24. The number of carbonyl (C=O) groups excluding carboxylic acids is 1. The molecule has 0 bridgehead atoms. The molecule has 178 valence electrons. The topological polar surface area (TPSA) is 79.4 Å². The highest BCUT2D eigenvalue weighted by Gasteiger charge is 2.29. The van der Waals surface area contributed by atoms with E-state index in [1.54, 1.807) is 42.2 Å². The fraction of sp³-hybridized carbons (Fsp3) is 0.435. The summed E-state index contributed by atoms with van der Waals surface area (Å²) in [6, 6.07) is 12.6. The summed E-state index contributed by atoms with van der Waals surface area (Å²) in [5.41, 5.74) is 0.483. The molecule has 2 aromatic rings.